The van der Waals surface area contributed by atoms with Crippen molar-refractivity contribution in [2.75, 3.05) is 20.0 Å². The Morgan fingerprint density at radius 2 is 1.88 bits per heavy atom. The van der Waals surface area contributed by atoms with Crippen LogP contribution in [-0.4, -0.2) is 28.6 Å². The van der Waals surface area contributed by atoms with E-state index in [0.717, 1.165) is 13.2 Å². The molecule has 0 radical (unpaired) electrons. The third-order valence-electron chi connectivity index (χ3n) is 2.04. The van der Waals surface area contributed by atoms with Gasteiger partial charge in [0.1, 0.15) is 16.2 Å². The number of nitrogen functional groups attached to an aromatic ring is 1. The summed E-state index contributed by atoms with van der Waals surface area (Å²) in [7, 11) is -1.53. The van der Waals surface area contributed by atoms with Gasteiger partial charge in [0.25, 0.3) is 0 Å². The molecule has 0 heterocycles. The van der Waals surface area contributed by atoms with Crippen LogP contribution in [0.1, 0.15) is 10.4 Å². The Labute approximate surface area is 98.4 Å². The van der Waals surface area contributed by atoms with E-state index in [9.17, 15) is 13.2 Å². The number of sulfonamides is 1. The van der Waals surface area contributed by atoms with Crippen molar-refractivity contribution in [3.8, 4) is 5.75 Å². The lowest BCUT2D eigenvalue weighted by atomic mass is 10.2. The standard InChI is InChI=1S/C9H12N2O5S/c1-15-7-4-6(10)8(17(11,13)14)3-5(7)9(12)16-2/h3-4H,10H2,1-2H3,(H2,11,13,14). The molecule has 0 aliphatic heterocycles. The van der Waals surface area contributed by atoms with E-state index in [1.165, 1.54) is 13.2 Å². The van der Waals surface area contributed by atoms with Crippen LogP contribution < -0.4 is 15.6 Å². The van der Waals surface area contributed by atoms with Gasteiger partial charge in [-0.1, -0.05) is 0 Å². The van der Waals surface area contributed by atoms with E-state index in [4.69, 9.17) is 15.6 Å². The van der Waals surface area contributed by atoms with Crippen molar-refractivity contribution in [3.63, 3.8) is 0 Å². The maximum Gasteiger partial charge on any atom is 0.341 e. The summed E-state index contributed by atoms with van der Waals surface area (Å²) in [6, 6.07) is 2.22. The van der Waals surface area contributed by atoms with Gasteiger partial charge in [0.2, 0.25) is 10.0 Å². The van der Waals surface area contributed by atoms with E-state index in [-0.39, 0.29) is 21.9 Å². The van der Waals surface area contributed by atoms with Crippen molar-refractivity contribution in [2.24, 2.45) is 5.14 Å². The lowest BCUT2D eigenvalue weighted by Gasteiger charge is -2.10. The highest BCUT2D eigenvalue weighted by Gasteiger charge is 2.20. The molecule has 0 unspecified atom stereocenters. The number of anilines is 1. The van der Waals surface area contributed by atoms with Crippen LogP contribution in [0.4, 0.5) is 5.69 Å². The number of rotatable bonds is 3. The molecule has 0 aliphatic rings. The van der Waals surface area contributed by atoms with E-state index in [1.807, 2.05) is 0 Å². The number of hydrogen-bond acceptors (Lipinski definition) is 6. The summed E-state index contributed by atoms with van der Waals surface area (Å²) < 4.78 is 31.8. The lowest BCUT2D eigenvalue weighted by molar-refractivity contribution is 0.0597. The van der Waals surface area contributed by atoms with E-state index < -0.39 is 16.0 Å². The Bertz CT molecular complexity index is 553. The Morgan fingerprint density at radius 3 is 2.29 bits per heavy atom. The quantitative estimate of drug-likeness (QED) is 0.569. The zero-order valence-corrected chi connectivity index (χ0v) is 10.1. The lowest BCUT2D eigenvalue weighted by Crippen LogP contribution is -2.16. The first-order chi connectivity index (χ1) is 7.81. The van der Waals surface area contributed by atoms with E-state index in [0.29, 0.717) is 0 Å². The summed E-state index contributed by atoms with van der Waals surface area (Å²) in [6.45, 7) is 0. The van der Waals surface area contributed by atoms with Crippen molar-refractivity contribution in [1.29, 1.82) is 0 Å². The summed E-state index contributed by atoms with van der Waals surface area (Å²) in [5.41, 5.74) is 5.34. The van der Waals surface area contributed by atoms with E-state index >= 15 is 0 Å². The Morgan fingerprint density at radius 1 is 1.29 bits per heavy atom. The SMILES string of the molecule is COC(=O)c1cc(S(N)(=O)=O)c(N)cc1OC. The molecule has 1 aromatic rings. The molecule has 0 aliphatic carbocycles. The molecule has 1 aromatic carbocycles. The highest BCUT2D eigenvalue weighted by atomic mass is 32.2. The first kappa shape index (κ1) is 13.3. The van der Waals surface area contributed by atoms with Crippen LogP contribution in [0.15, 0.2) is 17.0 Å². The minimum Gasteiger partial charge on any atom is -0.496 e. The van der Waals surface area contributed by atoms with E-state index in [1.54, 1.807) is 0 Å². The maximum atomic E-state index is 11.4. The maximum absolute atomic E-state index is 11.4. The second kappa shape index (κ2) is 4.60. The Balaban J connectivity index is 3.54. The van der Waals surface area contributed by atoms with Gasteiger partial charge in [-0.25, -0.2) is 18.4 Å². The molecule has 0 atom stereocenters. The number of nitrogens with two attached hydrogens (primary N) is 2. The number of ether oxygens (including phenoxy) is 2. The summed E-state index contributed by atoms with van der Waals surface area (Å²) in [5.74, 6) is -0.631. The number of carbonyl (C=O) groups excluding carboxylic acids is 1. The molecule has 0 fully saturated rings. The fraction of sp³-hybridized carbons (Fsp3) is 0.222. The third-order valence-corrected chi connectivity index (χ3v) is 3.01. The Kier molecular flexibility index (Phi) is 3.59. The molecule has 0 saturated heterocycles. The zero-order chi connectivity index (χ0) is 13.2. The van der Waals surface area contributed by atoms with Gasteiger partial charge in [-0.15, -0.1) is 0 Å². The monoisotopic (exact) mass is 260 g/mol. The van der Waals surface area contributed by atoms with Gasteiger partial charge in [-0.3, -0.25) is 0 Å². The number of esters is 1. The molecule has 17 heavy (non-hydrogen) atoms. The van der Waals surface area contributed by atoms with Gasteiger partial charge in [-0.2, -0.15) is 0 Å². The molecule has 0 saturated carbocycles. The normalized spacial score (nSPS) is 11.0. The van der Waals surface area contributed by atoms with Crippen LogP contribution >= 0.6 is 0 Å². The highest BCUT2D eigenvalue weighted by Crippen LogP contribution is 2.28. The van der Waals surface area contributed by atoms with Crippen molar-refractivity contribution < 1.29 is 22.7 Å². The first-order valence-corrected chi connectivity index (χ1v) is 5.94. The van der Waals surface area contributed by atoms with E-state index in [2.05, 4.69) is 4.74 Å². The van der Waals surface area contributed by atoms with Crippen LogP contribution in [0.5, 0.6) is 5.75 Å². The van der Waals surface area contributed by atoms with Crippen molar-refractivity contribution in [2.45, 2.75) is 4.90 Å². The average Bonchev–Trinajstić information content (AvgIpc) is 2.25. The van der Waals surface area contributed by atoms with Crippen LogP contribution in [0.25, 0.3) is 0 Å². The van der Waals surface area contributed by atoms with Gasteiger partial charge in [0, 0.05) is 6.07 Å². The number of methoxy groups -OCH3 is 2. The third kappa shape index (κ3) is 2.66. The first-order valence-electron chi connectivity index (χ1n) is 4.40. The van der Waals surface area contributed by atoms with Gasteiger partial charge < -0.3 is 15.2 Å². The van der Waals surface area contributed by atoms with Crippen LogP contribution in [0.3, 0.4) is 0 Å². The molecule has 1 rings (SSSR count). The van der Waals surface area contributed by atoms with Gasteiger partial charge in [-0.05, 0) is 6.07 Å². The molecule has 0 amide bonds. The van der Waals surface area contributed by atoms with Gasteiger partial charge >= 0.3 is 5.97 Å². The fourth-order valence-corrected chi connectivity index (χ4v) is 1.93. The largest absolute Gasteiger partial charge is 0.496 e. The number of benzene rings is 1. The molecular weight excluding hydrogens is 248 g/mol. The predicted molar refractivity (Wildman–Crippen MR) is 60.1 cm³/mol. The van der Waals surface area contributed by atoms with Crippen molar-refractivity contribution in [1.82, 2.24) is 0 Å². The summed E-state index contributed by atoms with van der Waals surface area (Å²) in [4.78, 5) is 11.1. The van der Waals surface area contributed by atoms with Crippen molar-refractivity contribution >= 4 is 21.7 Å². The minimum absolute atomic E-state index is 0.0618. The molecule has 4 N–H and O–H groups in total. The molecule has 0 spiro atoms. The molecular formula is C9H12N2O5S. The van der Waals surface area contributed by atoms with Crippen molar-refractivity contribution in [3.05, 3.63) is 17.7 Å². The second-order valence-corrected chi connectivity index (χ2v) is 4.66. The predicted octanol–water partition coefficient (Wildman–Crippen LogP) is -0.289. The zero-order valence-electron chi connectivity index (χ0n) is 9.26. The molecule has 8 heteroatoms. The van der Waals surface area contributed by atoms with Gasteiger partial charge in [0.05, 0.1) is 19.9 Å². The summed E-state index contributed by atoms with van der Waals surface area (Å²) >= 11 is 0. The van der Waals surface area contributed by atoms with Crippen LogP contribution in [0, 0.1) is 0 Å². The molecule has 94 valence electrons. The second-order valence-electron chi connectivity index (χ2n) is 3.13. The molecule has 7 nitrogen and oxygen atoms in total. The minimum atomic E-state index is -4.01. The number of primary sulfonamides is 1. The van der Waals surface area contributed by atoms with Crippen LogP contribution in [0.2, 0.25) is 0 Å². The average molecular weight is 260 g/mol. The molecule has 0 aromatic heterocycles. The highest BCUT2D eigenvalue weighted by molar-refractivity contribution is 7.89. The molecule has 0 bridgehead atoms. The summed E-state index contributed by atoms with van der Waals surface area (Å²) in [5, 5.41) is 4.96. The van der Waals surface area contributed by atoms with Crippen LogP contribution in [-0.2, 0) is 14.8 Å². The Hall–Kier alpha value is -1.80. The number of hydrogen-bond donors (Lipinski definition) is 2. The number of carbonyl (C=O) groups is 1. The smallest absolute Gasteiger partial charge is 0.341 e. The summed E-state index contributed by atoms with van der Waals surface area (Å²) in [6.07, 6.45) is 0. The topological polar surface area (TPSA) is 122 Å². The van der Waals surface area contributed by atoms with Gasteiger partial charge in [0.15, 0.2) is 0 Å². The fourth-order valence-electron chi connectivity index (χ4n) is 1.26.